The molecule has 6 nitrogen and oxygen atoms in total. The Kier molecular flexibility index (Phi) is 7.47. The Balaban J connectivity index is 1.49. The molecule has 2 amide bonds. The van der Waals surface area contributed by atoms with Crippen LogP contribution in [-0.2, 0) is 13.0 Å². The molecule has 0 spiro atoms. The second kappa shape index (κ2) is 11.3. The Bertz CT molecular complexity index is 1410. The number of nitrogens with zero attached hydrogens (tertiary/aromatic N) is 3. The number of hydrogen-bond donors (Lipinski definition) is 2. The van der Waals surface area contributed by atoms with Crippen molar-refractivity contribution in [3.05, 3.63) is 108 Å². The number of carbonyl (C=O) groups is 1. The van der Waals surface area contributed by atoms with Gasteiger partial charge in [0, 0.05) is 12.1 Å². The number of aromatic hydroxyl groups is 1. The molecule has 6 heteroatoms. The minimum atomic E-state index is -0.128. The molecule has 4 aromatic carbocycles. The fraction of sp³-hybridized carbons (Fsp3) is 0.226. The van der Waals surface area contributed by atoms with E-state index in [1.54, 1.807) is 17.1 Å². The van der Waals surface area contributed by atoms with Gasteiger partial charge in [-0.2, -0.15) is 5.10 Å². The zero-order chi connectivity index (χ0) is 25.6. The van der Waals surface area contributed by atoms with Crippen LogP contribution in [0.1, 0.15) is 36.0 Å². The molecule has 1 aliphatic rings. The van der Waals surface area contributed by atoms with Crippen molar-refractivity contribution < 1.29 is 9.90 Å². The summed E-state index contributed by atoms with van der Waals surface area (Å²) < 4.78 is 0. The normalized spacial score (nSPS) is 13.4. The highest BCUT2D eigenvalue weighted by Gasteiger charge is 2.29. The largest absolute Gasteiger partial charge is 0.508 e. The molecule has 37 heavy (non-hydrogen) atoms. The maximum absolute atomic E-state index is 13.9. The predicted molar refractivity (Wildman–Crippen MR) is 150 cm³/mol. The van der Waals surface area contributed by atoms with E-state index < -0.39 is 0 Å². The Morgan fingerprint density at radius 2 is 1.51 bits per heavy atom. The van der Waals surface area contributed by atoms with E-state index >= 15 is 0 Å². The van der Waals surface area contributed by atoms with Crippen molar-refractivity contribution in [2.45, 2.75) is 32.2 Å². The second-order valence-corrected chi connectivity index (χ2v) is 9.40. The summed E-state index contributed by atoms with van der Waals surface area (Å²) in [4.78, 5) is 15.8. The van der Waals surface area contributed by atoms with Gasteiger partial charge in [0.15, 0.2) is 0 Å². The first-order valence-electron chi connectivity index (χ1n) is 12.8. The van der Waals surface area contributed by atoms with Crippen LogP contribution in [-0.4, -0.2) is 34.9 Å². The number of anilines is 1. The zero-order valence-corrected chi connectivity index (χ0v) is 20.9. The van der Waals surface area contributed by atoms with Gasteiger partial charge in [0.25, 0.3) is 0 Å². The van der Waals surface area contributed by atoms with Crippen molar-refractivity contribution in [1.82, 2.24) is 5.01 Å². The predicted octanol–water partition coefficient (Wildman–Crippen LogP) is 6.06. The molecule has 0 fully saturated rings. The highest BCUT2D eigenvalue weighted by atomic mass is 16.3. The molecule has 0 aliphatic carbocycles. The van der Waals surface area contributed by atoms with E-state index in [1.807, 2.05) is 47.4 Å². The van der Waals surface area contributed by atoms with E-state index in [0.717, 1.165) is 52.7 Å². The van der Waals surface area contributed by atoms with Gasteiger partial charge in [-0.1, -0.05) is 66.7 Å². The Hall–Kier alpha value is -4.16. The molecule has 5 rings (SSSR count). The lowest BCUT2D eigenvalue weighted by atomic mass is 10.00. The number of benzene rings is 4. The number of unbranched alkanes of at least 4 members (excludes halogenated alkanes) is 1. The van der Waals surface area contributed by atoms with E-state index in [9.17, 15) is 9.90 Å². The van der Waals surface area contributed by atoms with Crippen LogP contribution in [0.25, 0.3) is 10.8 Å². The summed E-state index contributed by atoms with van der Waals surface area (Å²) in [5, 5.41) is 18.5. The van der Waals surface area contributed by atoms with Crippen LogP contribution in [0.3, 0.4) is 0 Å². The number of carbonyl (C=O) groups excluding carboxylic acids is 1. The van der Waals surface area contributed by atoms with Crippen molar-refractivity contribution in [2.75, 3.05) is 18.0 Å². The topological polar surface area (TPSA) is 82.2 Å². The van der Waals surface area contributed by atoms with Gasteiger partial charge in [-0.3, -0.25) is 4.90 Å². The van der Waals surface area contributed by atoms with E-state index in [1.165, 1.54) is 5.39 Å². The van der Waals surface area contributed by atoms with Gasteiger partial charge in [-0.25, -0.2) is 9.80 Å². The number of fused-ring (bicyclic) bond motifs is 2. The Morgan fingerprint density at radius 1 is 0.784 bits per heavy atom. The number of phenols is 1. The molecule has 3 N–H and O–H groups in total. The summed E-state index contributed by atoms with van der Waals surface area (Å²) >= 11 is 0. The molecule has 0 atom stereocenters. The molecule has 1 heterocycles. The Morgan fingerprint density at radius 3 is 2.32 bits per heavy atom. The first-order valence-corrected chi connectivity index (χ1v) is 12.8. The quantitative estimate of drug-likeness (QED) is 0.279. The van der Waals surface area contributed by atoms with Crippen LogP contribution in [0.5, 0.6) is 5.75 Å². The summed E-state index contributed by atoms with van der Waals surface area (Å²) in [6.45, 7) is 1.55. The number of hydrazone groups is 1. The standard InChI is InChI=1S/C31H32N4O2/c32-19-5-6-20-35-31(37)34(22-24-11-15-25-7-1-2-8-26(25)21-24)30-10-4-3-9-28(30)29(33-35)18-14-23-12-16-27(36)17-13-23/h1-4,7-13,15-17,21,36H,5-6,14,18-20,22,32H2. The van der Waals surface area contributed by atoms with Crippen LogP contribution in [0.4, 0.5) is 10.5 Å². The summed E-state index contributed by atoms with van der Waals surface area (Å²) in [6.07, 6.45) is 3.05. The number of amides is 2. The molecule has 0 radical (unpaired) electrons. The smallest absolute Gasteiger partial charge is 0.345 e. The van der Waals surface area contributed by atoms with Crippen LogP contribution in [0.15, 0.2) is 96.1 Å². The van der Waals surface area contributed by atoms with Crippen LogP contribution >= 0.6 is 0 Å². The molecule has 4 aromatic rings. The Labute approximate surface area is 217 Å². The van der Waals surface area contributed by atoms with E-state index in [-0.39, 0.29) is 11.8 Å². The fourth-order valence-corrected chi connectivity index (χ4v) is 4.77. The van der Waals surface area contributed by atoms with Gasteiger partial charge in [0.2, 0.25) is 0 Å². The minimum Gasteiger partial charge on any atom is -0.508 e. The van der Waals surface area contributed by atoms with E-state index in [2.05, 4.69) is 36.4 Å². The highest BCUT2D eigenvalue weighted by Crippen LogP contribution is 2.30. The van der Waals surface area contributed by atoms with Gasteiger partial charge in [-0.05, 0) is 78.4 Å². The van der Waals surface area contributed by atoms with Gasteiger partial charge in [0.1, 0.15) is 5.75 Å². The molecular formula is C31H32N4O2. The average molecular weight is 493 g/mol. The van der Waals surface area contributed by atoms with Crippen molar-refractivity contribution in [1.29, 1.82) is 0 Å². The molecule has 0 saturated heterocycles. The molecule has 188 valence electrons. The lowest BCUT2D eigenvalue weighted by Crippen LogP contribution is -2.40. The van der Waals surface area contributed by atoms with Crippen LogP contribution < -0.4 is 10.6 Å². The first-order chi connectivity index (χ1) is 18.1. The maximum Gasteiger partial charge on any atom is 0.345 e. The molecule has 0 saturated carbocycles. The molecular weight excluding hydrogens is 460 g/mol. The van der Waals surface area contributed by atoms with E-state index in [4.69, 9.17) is 10.8 Å². The zero-order valence-electron chi connectivity index (χ0n) is 20.9. The van der Waals surface area contributed by atoms with Crippen LogP contribution in [0.2, 0.25) is 0 Å². The third-order valence-electron chi connectivity index (χ3n) is 6.76. The minimum absolute atomic E-state index is 0.128. The monoisotopic (exact) mass is 492 g/mol. The SMILES string of the molecule is NCCCCN1N=C(CCc2ccc(O)cc2)c2ccccc2N(Cc2ccc3ccccc3c2)C1=O. The molecule has 0 aromatic heterocycles. The third-order valence-corrected chi connectivity index (χ3v) is 6.76. The van der Waals surface area contributed by atoms with Crippen molar-refractivity contribution in [3.8, 4) is 5.75 Å². The third kappa shape index (κ3) is 5.65. The number of urea groups is 1. The lowest BCUT2D eigenvalue weighted by Gasteiger charge is -2.27. The molecule has 0 unspecified atom stereocenters. The number of rotatable bonds is 9. The lowest BCUT2D eigenvalue weighted by molar-refractivity contribution is 0.206. The summed E-state index contributed by atoms with van der Waals surface area (Å²) in [5.74, 6) is 0.252. The number of aryl methyl sites for hydroxylation is 1. The number of para-hydroxylation sites is 1. The summed E-state index contributed by atoms with van der Waals surface area (Å²) in [7, 11) is 0. The first kappa shape index (κ1) is 24.5. The highest BCUT2D eigenvalue weighted by molar-refractivity contribution is 6.10. The van der Waals surface area contributed by atoms with E-state index in [0.29, 0.717) is 26.1 Å². The average Bonchev–Trinajstić information content (AvgIpc) is 3.03. The van der Waals surface area contributed by atoms with Crippen LogP contribution in [0, 0.1) is 0 Å². The number of hydrogen-bond acceptors (Lipinski definition) is 4. The van der Waals surface area contributed by atoms with Gasteiger partial charge in [-0.15, -0.1) is 0 Å². The summed E-state index contributed by atoms with van der Waals surface area (Å²) in [5.41, 5.74) is 10.6. The summed E-state index contributed by atoms with van der Waals surface area (Å²) in [6, 6.07) is 29.8. The van der Waals surface area contributed by atoms with Crippen molar-refractivity contribution in [2.24, 2.45) is 10.8 Å². The van der Waals surface area contributed by atoms with Gasteiger partial charge in [0.05, 0.1) is 17.9 Å². The van der Waals surface area contributed by atoms with Crippen molar-refractivity contribution in [3.63, 3.8) is 0 Å². The van der Waals surface area contributed by atoms with Gasteiger partial charge < -0.3 is 10.8 Å². The second-order valence-electron chi connectivity index (χ2n) is 9.40. The maximum atomic E-state index is 13.9. The van der Waals surface area contributed by atoms with Gasteiger partial charge >= 0.3 is 6.03 Å². The fourth-order valence-electron chi connectivity index (χ4n) is 4.77. The van der Waals surface area contributed by atoms with Crippen molar-refractivity contribution >= 4 is 28.2 Å². The number of nitrogens with two attached hydrogens (primary N) is 1. The molecule has 1 aliphatic heterocycles. The number of phenolic OH excluding ortho intramolecular Hbond substituents is 1. The molecule has 0 bridgehead atoms.